The van der Waals surface area contributed by atoms with Gasteiger partial charge in [0.1, 0.15) is 11.6 Å². The van der Waals surface area contributed by atoms with Crippen LogP contribution in [0.25, 0.3) is 36.7 Å². The number of nitriles is 1. The van der Waals surface area contributed by atoms with E-state index in [-0.39, 0.29) is 5.57 Å². The molecule has 6 heteroatoms. The SMILES string of the molecule is CCCCCCc1cc(-c2sc(-c3ccc(N(c4ccccc4)c4ccccc4)cc3)cc2CCCCCC)sc1-c1ccc(/C=C(/C#N)C(=O)O)cc1. The van der Waals surface area contributed by atoms with Gasteiger partial charge in [-0.15, -0.1) is 22.7 Å². The number of hydrogen-bond acceptors (Lipinski definition) is 5. The summed E-state index contributed by atoms with van der Waals surface area (Å²) in [5, 5.41) is 18.6. The number of thiophene rings is 2. The maximum absolute atomic E-state index is 11.4. The van der Waals surface area contributed by atoms with E-state index in [1.807, 2.05) is 34.8 Å². The second-order valence-electron chi connectivity index (χ2n) is 13.7. The van der Waals surface area contributed by atoms with Crippen LogP contribution in [0, 0.1) is 11.3 Å². The fourth-order valence-electron chi connectivity index (χ4n) is 6.84. The number of carbonyl (C=O) groups is 1. The van der Waals surface area contributed by atoms with Crippen molar-refractivity contribution in [1.82, 2.24) is 0 Å². The Bertz CT molecular complexity index is 2130. The average Bonchev–Trinajstić information content (AvgIpc) is 3.83. The van der Waals surface area contributed by atoms with Crippen molar-refractivity contribution in [1.29, 1.82) is 5.26 Å². The number of rotatable bonds is 18. The highest BCUT2D eigenvalue weighted by atomic mass is 32.1. The Hall–Kier alpha value is -5.22. The van der Waals surface area contributed by atoms with Crippen molar-refractivity contribution in [2.75, 3.05) is 4.90 Å². The number of carboxylic acid groups (broad SMARTS) is 1. The topological polar surface area (TPSA) is 64.3 Å². The zero-order valence-corrected chi connectivity index (χ0v) is 32.9. The maximum Gasteiger partial charge on any atom is 0.346 e. The van der Waals surface area contributed by atoms with E-state index in [1.54, 1.807) is 6.07 Å². The predicted molar refractivity (Wildman–Crippen MR) is 230 cm³/mol. The number of anilines is 3. The monoisotopic (exact) mass is 748 g/mol. The lowest BCUT2D eigenvalue weighted by Gasteiger charge is -2.25. The zero-order chi connectivity index (χ0) is 37.7. The van der Waals surface area contributed by atoms with Gasteiger partial charge in [0.15, 0.2) is 0 Å². The largest absolute Gasteiger partial charge is 0.477 e. The first-order valence-corrected chi connectivity index (χ1v) is 20.8. The summed E-state index contributed by atoms with van der Waals surface area (Å²) in [6.45, 7) is 4.51. The smallest absolute Gasteiger partial charge is 0.346 e. The molecule has 0 saturated heterocycles. The molecule has 6 rings (SSSR count). The Morgan fingerprint density at radius 3 is 1.67 bits per heavy atom. The van der Waals surface area contributed by atoms with E-state index in [2.05, 4.69) is 128 Å². The van der Waals surface area contributed by atoms with Crippen molar-refractivity contribution < 1.29 is 9.90 Å². The minimum Gasteiger partial charge on any atom is -0.477 e. The van der Waals surface area contributed by atoms with Crippen molar-refractivity contribution in [3.05, 3.63) is 144 Å². The number of aliphatic carboxylic acids is 1. The summed E-state index contributed by atoms with van der Waals surface area (Å²) in [5.74, 6) is -1.21. The Morgan fingerprint density at radius 2 is 1.13 bits per heavy atom. The van der Waals surface area contributed by atoms with Crippen molar-refractivity contribution in [3.63, 3.8) is 0 Å². The van der Waals surface area contributed by atoms with Gasteiger partial charge in [-0.1, -0.05) is 125 Å². The number of nitrogens with zero attached hydrogens (tertiary/aromatic N) is 2. The molecule has 2 aromatic heterocycles. The van der Waals surface area contributed by atoms with E-state index < -0.39 is 5.97 Å². The van der Waals surface area contributed by atoms with Gasteiger partial charge in [0.05, 0.1) is 0 Å². The highest BCUT2D eigenvalue weighted by molar-refractivity contribution is 7.25. The van der Waals surface area contributed by atoms with Crippen LogP contribution in [-0.4, -0.2) is 11.1 Å². The van der Waals surface area contributed by atoms with Crippen LogP contribution in [0.15, 0.2) is 127 Å². The van der Waals surface area contributed by atoms with E-state index >= 15 is 0 Å². The van der Waals surface area contributed by atoms with Gasteiger partial charge in [-0.05, 0) is 108 Å². The minimum absolute atomic E-state index is 0.267. The Morgan fingerprint density at radius 1 is 0.630 bits per heavy atom. The molecule has 6 aromatic rings. The van der Waals surface area contributed by atoms with Crippen molar-refractivity contribution in [2.45, 2.75) is 78.1 Å². The van der Waals surface area contributed by atoms with E-state index in [0.29, 0.717) is 5.56 Å². The molecular weight excluding hydrogens is 701 g/mol. The number of para-hydroxylation sites is 2. The first kappa shape index (κ1) is 38.5. The molecule has 0 bridgehead atoms. The molecule has 0 spiro atoms. The molecule has 0 aliphatic carbocycles. The second kappa shape index (κ2) is 19.2. The van der Waals surface area contributed by atoms with Crippen LogP contribution in [0.2, 0.25) is 0 Å². The van der Waals surface area contributed by atoms with E-state index in [0.717, 1.165) is 41.9 Å². The van der Waals surface area contributed by atoms with Gasteiger partial charge in [0.25, 0.3) is 0 Å². The molecule has 0 aliphatic heterocycles. The highest BCUT2D eigenvalue weighted by Crippen LogP contribution is 2.46. The number of benzene rings is 4. The fourth-order valence-corrected chi connectivity index (χ4v) is 9.40. The molecule has 0 saturated carbocycles. The molecule has 0 atom stereocenters. The van der Waals surface area contributed by atoms with Crippen LogP contribution in [0.5, 0.6) is 0 Å². The number of carboxylic acids is 1. The van der Waals surface area contributed by atoms with Crippen LogP contribution in [0.3, 0.4) is 0 Å². The Kier molecular flexibility index (Phi) is 13.7. The summed E-state index contributed by atoms with van der Waals surface area (Å²) in [4.78, 5) is 19.0. The molecule has 4 aromatic carbocycles. The van der Waals surface area contributed by atoms with E-state index in [4.69, 9.17) is 0 Å². The lowest BCUT2D eigenvalue weighted by molar-refractivity contribution is -0.132. The lowest BCUT2D eigenvalue weighted by Crippen LogP contribution is -2.09. The second-order valence-corrected chi connectivity index (χ2v) is 15.8. The number of hydrogen-bond donors (Lipinski definition) is 1. The highest BCUT2D eigenvalue weighted by Gasteiger charge is 2.19. The van der Waals surface area contributed by atoms with Gasteiger partial charge in [0, 0.05) is 36.6 Å². The fraction of sp³-hybridized carbons (Fsp3) is 0.250. The summed E-state index contributed by atoms with van der Waals surface area (Å²) in [6, 6.07) is 44.7. The summed E-state index contributed by atoms with van der Waals surface area (Å²) in [6.07, 6.45) is 13.2. The minimum atomic E-state index is -1.21. The Labute approximate surface area is 328 Å². The molecule has 4 nitrogen and oxygen atoms in total. The Balaban J connectivity index is 1.36. The van der Waals surface area contributed by atoms with E-state index in [1.165, 1.54) is 87.2 Å². The van der Waals surface area contributed by atoms with Gasteiger partial charge >= 0.3 is 5.97 Å². The molecule has 2 heterocycles. The molecule has 0 amide bonds. The van der Waals surface area contributed by atoms with Crippen molar-refractivity contribution >= 4 is 51.8 Å². The average molecular weight is 749 g/mol. The third kappa shape index (κ3) is 9.65. The standard InChI is InChI=1S/C48H48N2O2S2/c1-3-5-7-11-17-38-33-45(54-46(38)37-25-23-35(24-26-37)31-40(34-49)48(51)52)47-39(18-12-8-6-4-2)32-44(53-47)36-27-29-43(30-28-36)50(41-19-13-9-14-20-41)42-21-15-10-16-22-42/h9-10,13-16,19-33H,3-8,11-12,17-18H2,1-2H3,(H,51,52)/b40-31-. The van der Waals surface area contributed by atoms with Crippen LogP contribution >= 0.6 is 22.7 Å². The zero-order valence-electron chi connectivity index (χ0n) is 31.3. The quantitative estimate of drug-likeness (QED) is 0.0540. The third-order valence-electron chi connectivity index (χ3n) is 9.71. The van der Waals surface area contributed by atoms with Gasteiger partial charge in [-0.25, -0.2) is 4.79 Å². The van der Waals surface area contributed by atoms with Gasteiger partial charge in [-0.2, -0.15) is 5.26 Å². The molecule has 0 radical (unpaired) electrons. The van der Waals surface area contributed by atoms with Crippen LogP contribution in [0.1, 0.15) is 81.9 Å². The van der Waals surface area contributed by atoms with Crippen molar-refractivity contribution in [3.8, 4) is 36.7 Å². The lowest BCUT2D eigenvalue weighted by atomic mass is 10.0. The summed E-state index contributed by atoms with van der Waals surface area (Å²) < 4.78 is 0. The number of aryl methyl sites for hydroxylation is 2. The predicted octanol–water partition coefficient (Wildman–Crippen LogP) is 14.5. The summed E-state index contributed by atoms with van der Waals surface area (Å²) in [7, 11) is 0. The normalized spacial score (nSPS) is 11.4. The van der Waals surface area contributed by atoms with Crippen molar-refractivity contribution in [2.24, 2.45) is 0 Å². The molecular formula is C48H48N2O2S2. The summed E-state index contributed by atoms with van der Waals surface area (Å²) >= 11 is 3.77. The first-order chi connectivity index (χ1) is 26.5. The molecule has 0 aliphatic rings. The molecule has 0 unspecified atom stereocenters. The van der Waals surface area contributed by atoms with Crippen LogP contribution in [-0.2, 0) is 17.6 Å². The van der Waals surface area contributed by atoms with Gasteiger partial charge in [-0.3, -0.25) is 0 Å². The third-order valence-corrected chi connectivity index (χ3v) is 12.3. The molecule has 0 fully saturated rings. The van der Waals surface area contributed by atoms with Crippen LogP contribution in [0.4, 0.5) is 17.1 Å². The molecule has 54 heavy (non-hydrogen) atoms. The maximum atomic E-state index is 11.4. The number of unbranched alkanes of at least 4 members (excludes halogenated alkanes) is 6. The molecule has 1 N–H and O–H groups in total. The first-order valence-electron chi connectivity index (χ1n) is 19.2. The van der Waals surface area contributed by atoms with E-state index in [9.17, 15) is 15.2 Å². The van der Waals surface area contributed by atoms with Crippen LogP contribution < -0.4 is 4.90 Å². The summed E-state index contributed by atoms with van der Waals surface area (Å²) in [5.41, 5.74) is 8.96. The molecule has 274 valence electrons. The van der Waals surface area contributed by atoms with Gasteiger partial charge < -0.3 is 10.0 Å². The van der Waals surface area contributed by atoms with Gasteiger partial charge in [0.2, 0.25) is 0 Å².